The first-order chi connectivity index (χ1) is 15.7. The molecule has 3 aromatic carbocycles. The molecule has 0 spiro atoms. The Bertz CT molecular complexity index is 1340. The number of nitrogens with zero attached hydrogens (tertiary/aromatic N) is 1. The molecule has 0 bridgehead atoms. The fourth-order valence-corrected chi connectivity index (χ4v) is 3.93. The van der Waals surface area contributed by atoms with E-state index >= 15 is 0 Å². The molecule has 1 heterocycles. The second-order valence-electron chi connectivity index (χ2n) is 7.51. The summed E-state index contributed by atoms with van der Waals surface area (Å²) < 4.78 is 14.0. The minimum absolute atomic E-state index is 0.230. The number of aryl methyl sites for hydroxylation is 1. The number of amides is 4. The molecule has 1 saturated heterocycles. The van der Waals surface area contributed by atoms with Gasteiger partial charge in [0.1, 0.15) is 11.4 Å². The molecule has 1 aliphatic rings. The summed E-state index contributed by atoms with van der Waals surface area (Å²) in [4.78, 5) is 38.8. The fourth-order valence-electron chi connectivity index (χ4n) is 3.51. The van der Waals surface area contributed by atoms with Crippen LogP contribution in [0.3, 0.4) is 0 Å². The predicted molar refractivity (Wildman–Crippen MR) is 126 cm³/mol. The van der Waals surface area contributed by atoms with Crippen LogP contribution >= 0.6 is 23.2 Å². The molecule has 0 aliphatic carbocycles. The second-order valence-corrected chi connectivity index (χ2v) is 8.35. The number of urea groups is 1. The lowest BCUT2D eigenvalue weighted by atomic mass is 10.0. The first-order valence-corrected chi connectivity index (χ1v) is 10.7. The van der Waals surface area contributed by atoms with Crippen LogP contribution in [0.1, 0.15) is 22.3 Å². The minimum atomic E-state index is -0.856. The predicted octanol–water partition coefficient (Wildman–Crippen LogP) is 5.70. The van der Waals surface area contributed by atoms with E-state index < -0.39 is 17.8 Å². The first-order valence-electron chi connectivity index (χ1n) is 9.94. The normalized spacial score (nSPS) is 15.2. The van der Waals surface area contributed by atoms with Gasteiger partial charge in [0.15, 0.2) is 0 Å². The van der Waals surface area contributed by atoms with Gasteiger partial charge in [-0.25, -0.2) is 14.1 Å². The van der Waals surface area contributed by atoms with Crippen molar-refractivity contribution in [2.75, 3.05) is 4.90 Å². The van der Waals surface area contributed by atoms with E-state index in [0.717, 1.165) is 4.90 Å². The minimum Gasteiger partial charge on any atom is -0.273 e. The average Bonchev–Trinajstić information content (AvgIpc) is 2.76. The summed E-state index contributed by atoms with van der Waals surface area (Å²) in [5, 5.41) is 2.88. The average molecular weight is 483 g/mol. The number of hydrogen-bond acceptors (Lipinski definition) is 3. The molecular weight excluding hydrogens is 466 g/mol. The lowest BCUT2D eigenvalue weighted by Gasteiger charge is -2.27. The summed E-state index contributed by atoms with van der Waals surface area (Å²) in [5.74, 6) is -1.92. The summed E-state index contributed by atoms with van der Waals surface area (Å²) in [7, 11) is 0. The van der Waals surface area contributed by atoms with E-state index in [1.54, 1.807) is 55.5 Å². The van der Waals surface area contributed by atoms with Crippen LogP contribution < -0.4 is 10.2 Å². The molecule has 166 valence electrons. The number of carbonyl (C=O) groups is 3. The van der Waals surface area contributed by atoms with Crippen molar-refractivity contribution in [3.05, 3.63) is 104 Å². The van der Waals surface area contributed by atoms with Gasteiger partial charge < -0.3 is 0 Å². The highest BCUT2D eigenvalue weighted by Crippen LogP contribution is 2.29. The molecule has 5 nitrogen and oxygen atoms in total. The van der Waals surface area contributed by atoms with Gasteiger partial charge in [-0.3, -0.25) is 14.9 Å². The molecular formula is C25H17Cl2FN2O3. The Kier molecular flexibility index (Phi) is 6.31. The van der Waals surface area contributed by atoms with E-state index in [1.807, 2.05) is 0 Å². The smallest absolute Gasteiger partial charge is 0.273 e. The van der Waals surface area contributed by atoms with Crippen molar-refractivity contribution in [1.82, 2.24) is 5.32 Å². The van der Waals surface area contributed by atoms with Gasteiger partial charge in [0, 0.05) is 16.5 Å². The van der Waals surface area contributed by atoms with Gasteiger partial charge >= 0.3 is 6.03 Å². The number of benzene rings is 3. The maximum absolute atomic E-state index is 14.0. The van der Waals surface area contributed by atoms with E-state index in [9.17, 15) is 18.8 Å². The third kappa shape index (κ3) is 4.67. The third-order valence-electron chi connectivity index (χ3n) is 5.24. The molecule has 33 heavy (non-hydrogen) atoms. The van der Waals surface area contributed by atoms with Gasteiger partial charge in [0.25, 0.3) is 11.8 Å². The zero-order chi connectivity index (χ0) is 23.7. The third-order valence-corrected chi connectivity index (χ3v) is 5.83. The Balaban J connectivity index is 1.66. The highest BCUT2D eigenvalue weighted by molar-refractivity contribution is 6.39. The van der Waals surface area contributed by atoms with Gasteiger partial charge in [-0.05, 0) is 59.5 Å². The van der Waals surface area contributed by atoms with Gasteiger partial charge in [0.05, 0.1) is 5.69 Å². The van der Waals surface area contributed by atoms with Gasteiger partial charge in [-0.1, -0.05) is 59.6 Å². The van der Waals surface area contributed by atoms with Crippen molar-refractivity contribution in [2.24, 2.45) is 0 Å². The van der Waals surface area contributed by atoms with Crippen molar-refractivity contribution in [1.29, 1.82) is 0 Å². The number of nitrogens with one attached hydrogen (secondary N) is 1. The Morgan fingerprint density at radius 1 is 0.970 bits per heavy atom. The van der Waals surface area contributed by atoms with E-state index in [0.29, 0.717) is 32.3 Å². The molecule has 8 heteroatoms. The number of rotatable bonds is 4. The van der Waals surface area contributed by atoms with Gasteiger partial charge in [-0.2, -0.15) is 0 Å². The maximum Gasteiger partial charge on any atom is 0.335 e. The van der Waals surface area contributed by atoms with Gasteiger partial charge in [0.2, 0.25) is 0 Å². The van der Waals surface area contributed by atoms with Crippen LogP contribution in [0.25, 0.3) is 6.08 Å². The van der Waals surface area contributed by atoms with Crippen molar-refractivity contribution in [2.45, 2.75) is 13.3 Å². The molecule has 0 unspecified atom stereocenters. The van der Waals surface area contributed by atoms with Crippen molar-refractivity contribution in [3.8, 4) is 0 Å². The fraction of sp³-hybridized carbons (Fsp3) is 0.0800. The number of imide groups is 2. The summed E-state index contributed by atoms with van der Waals surface area (Å²) in [6.07, 6.45) is 1.65. The monoisotopic (exact) mass is 482 g/mol. The van der Waals surface area contributed by atoms with Crippen molar-refractivity contribution >= 4 is 52.8 Å². The number of halogens is 3. The lowest BCUT2D eigenvalue weighted by molar-refractivity contribution is -0.122. The van der Waals surface area contributed by atoms with E-state index in [1.165, 1.54) is 18.2 Å². The molecule has 1 N–H and O–H groups in total. The van der Waals surface area contributed by atoms with Crippen molar-refractivity contribution < 1.29 is 18.8 Å². The summed E-state index contributed by atoms with van der Waals surface area (Å²) in [6.45, 7) is 1.72. The Morgan fingerprint density at radius 2 is 1.73 bits per heavy atom. The van der Waals surface area contributed by atoms with E-state index in [-0.39, 0.29) is 23.5 Å². The quantitative estimate of drug-likeness (QED) is 0.383. The molecule has 3 aromatic rings. The highest BCUT2D eigenvalue weighted by Gasteiger charge is 2.37. The summed E-state index contributed by atoms with van der Waals surface area (Å²) in [6, 6.07) is 15.3. The number of barbiturate groups is 1. The SMILES string of the molecule is Cc1ccc(Cl)cc1N1C(=O)NC(=O)/C(=C\c2ccc(Cc3ccccc3F)c(Cl)c2)C1=O. The zero-order valence-electron chi connectivity index (χ0n) is 17.4. The van der Waals surface area contributed by atoms with Crippen LogP contribution in [0.2, 0.25) is 10.0 Å². The lowest BCUT2D eigenvalue weighted by Crippen LogP contribution is -2.54. The first kappa shape index (κ1) is 22.7. The molecule has 4 amide bonds. The Hall–Kier alpha value is -3.48. The Labute approximate surface area is 199 Å². The topological polar surface area (TPSA) is 66.5 Å². The van der Waals surface area contributed by atoms with Crippen LogP contribution in [-0.4, -0.2) is 17.8 Å². The molecule has 0 radical (unpaired) electrons. The number of hydrogen-bond donors (Lipinski definition) is 1. The van der Waals surface area contributed by atoms with E-state index in [4.69, 9.17) is 23.2 Å². The summed E-state index contributed by atoms with van der Waals surface area (Å²) >= 11 is 12.4. The van der Waals surface area contributed by atoms with Crippen LogP contribution in [0, 0.1) is 12.7 Å². The zero-order valence-corrected chi connectivity index (χ0v) is 18.9. The van der Waals surface area contributed by atoms with E-state index in [2.05, 4.69) is 5.32 Å². The van der Waals surface area contributed by atoms with Crippen LogP contribution in [0.4, 0.5) is 14.9 Å². The standard InChI is InChI=1S/C25H17Cl2FN2O3/c1-14-6-9-18(26)13-22(14)30-24(32)19(23(31)29-25(30)33)10-15-7-8-16(20(27)11-15)12-17-4-2-3-5-21(17)28/h2-11,13H,12H2,1H3,(H,29,31,33)/b19-10+. The van der Waals surface area contributed by atoms with Crippen LogP contribution in [0.15, 0.2) is 66.2 Å². The van der Waals surface area contributed by atoms with Crippen LogP contribution in [-0.2, 0) is 16.0 Å². The number of anilines is 1. The largest absolute Gasteiger partial charge is 0.335 e. The maximum atomic E-state index is 14.0. The molecule has 0 atom stereocenters. The molecule has 0 saturated carbocycles. The van der Waals surface area contributed by atoms with Crippen molar-refractivity contribution in [3.63, 3.8) is 0 Å². The van der Waals surface area contributed by atoms with Crippen LogP contribution in [0.5, 0.6) is 0 Å². The Morgan fingerprint density at radius 3 is 2.45 bits per heavy atom. The molecule has 4 rings (SSSR count). The number of carbonyl (C=O) groups excluding carboxylic acids is 3. The highest BCUT2D eigenvalue weighted by atomic mass is 35.5. The molecule has 1 fully saturated rings. The molecule has 0 aromatic heterocycles. The second kappa shape index (κ2) is 9.17. The summed E-state index contributed by atoms with van der Waals surface area (Å²) in [5.41, 5.74) is 2.35. The van der Waals surface area contributed by atoms with Gasteiger partial charge in [-0.15, -0.1) is 0 Å². The molecule has 1 aliphatic heterocycles.